The Morgan fingerprint density at radius 2 is 2.20 bits per heavy atom. The molecule has 1 aliphatic rings. The fraction of sp³-hybridized carbons (Fsp3) is 0.545. The quantitative estimate of drug-likeness (QED) is 0.666. The van der Waals surface area contributed by atoms with E-state index in [1.54, 1.807) is 25.1 Å². The Labute approximate surface area is 90.2 Å². The standard InChI is InChI=1S/C11H17NO3/c1-8(2)10(13)12(5)6-9-7-14-11(3,4)15-9/h7H,1,6H2,2-5H3. The smallest absolute Gasteiger partial charge is 0.249 e. The highest BCUT2D eigenvalue weighted by atomic mass is 16.7. The van der Waals surface area contributed by atoms with Gasteiger partial charge in [0.1, 0.15) is 6.26 Å². The van der Waals surface area contributed by atoms with Gasteiger partial charge in [-0.1, -0.05) is 6.58 Å². The van der Waals surface area contributed by atoms with Gasteiger partial charge in [-0.25, -0.2) is 0 Å². The number of carbonyl (C=O) groups excluding carboxylic acids is 1. The zero-order valence-corrected chi connectivity index (χ0v) is 9.66. The third-order valence-corrected chi connectivity index (χ3v) is 1.96. The summed E-state index contributed by atoms with van der Waals surface area (Å²) in [5.74, 6) is -0.0658. The van der Waals surface area contributed by atoms with E-state index >= 15 is 0 Å². The second-order valence-electron chi connectivity index (χ2n) is 4.15. The van der Waals surface area contributed by atoms with Crippen LogP contribution in [0.4, 0.5) is 0 Å². The van der Waals surface area contributed by atoms with Gasteiger partial charge in [0.25, 0.3) is 0 Å². The molecule has 1 aliphatic heterocycles. The van der Waals surface area contributed by atoms with Crippen molar-refractivity contribution in [3.8, 4) is 0 Å². The molecule has 1 rings (SSSR count). The van der Waals surface area contributed by atoms with Crippen LogP contribution in [0.25, 0.3) is 0 Å². The number of nitrogens with zero attached hydrogens (tertiary/aromatic N) is 1. The molecule has 1 amide bonds. The van der Waals surface area contributed by atoms with Crippen LogP contribution in [0, 0.1) is 0 Å². The van der Waals surface area contributed by atoms with Crippen LogP contribution in [-0.2, 0) is 14.3 Å². The number of hydrogen-bond acceptors (Lipinski definition) is 3. The largest absolute Gasteiger partial charge is 0.457 e. The molecule has 0 aromatic heterocycles. The van der Waals surface area contributed by atoms with Crippen molar-refractivity contribution in [1.29, 1.82) is 0 Å². The van der Waals surface area contributed by atoms with Gasteiger partial charge >= 0.3 is 0 Å². The van der Waals surface area contributed by atoms with Gasteiger partial charge in [0.2, 0.25) is 11.7 Å². The van der Waals surface area contributed by atoms with Crippen LogP contribution in [0.2, 0.25) is 0 Å². The molecule has 0 fully saturated rings. The van der Waals surface area contributed by atoms with Crippen LogP contribution in [-0.4, -0.2) is 30.2 Å². The van der Waals surface area contributed by atoms with Crippen LogP contribution in [0.5, 0.6) is 0 Å². The molecule has 15 heavy (non-hydrogen) atoms. The summed E-state index contributed by atoms with van der Waals surface area (Å²) in [7, 11) is 1.70. The van der Waals surface area contributed by atoms with E-state index in [-0.39, 0.29) is 5.91 Å². The predicted molar refractivity (Wildman–Crippen MR) is 56.8 cm³/mol. The zero-order valence-electron chi connectivity index (χ0n) is 9.66. The third kappa shape index (κ3) is 3.01. The van der Waals surface area contributed by atoms with Gasteiger partial charge in [-0.2, -0.15) is 0 Å². The molecule has 4 nitrogen and oxygen atoms in total. The molecule has 0 aliphatic carbocycles. The summed E-state index contributed by atoms with van der Waals surface area (Å²) in [6.45, 7) is 9.31. The highest BCUT2D eigenvalue weighted by Crippen LogP contribution is 2.24. The van der Waals surface area contributed by atoms with Gasteiger partial charge in [-0.3, -0.25) is 4.79 Å². The maximum absolute atomic E-state index is 11.5. The Hall–Kier alpha value is -1.45. The van der Waals surface area contributed by atoms with Crippen molar-refractivity contribution in [1.82, 2.24) is 4.90 Å². The minimum absolute atomic E-state index is 0.0933. The first kappa shape index (κ1) is 11.6. The van der Waals surface area contributed by atoms with Gasteiger partial charge in [0, 0.05) is 26.5 Å². The first-order chi connectivity index (χ1) is 6.82. The molecule has 0 radical (unpaired) electrons. The topological polar surface area (TPSA) is 38.8 Å². The minimum Gasteiger partial charge on any atom is -0.457 e. The number of amides is 1. The van der Waals surface area contributed by atoms with Gasteiger partial charge < -0.3 is 14.4 Å². The van der Waals surface area contributed by atoms with Crippen LogP contribution in [0.15, 0.2) is 24.2 Å². The van der Waals surface area contributed by atoms with E-state index in [0.717, 1.165) is 0 Å². The SMILES string of the molecule is C=C(C)C(=O)N(C)CC1=COC(C)(C)O1. The summed E-state index contributed by atoms with van der Waals surface area (Å²) in [5.41, 5.74) is 0.510. The van der Waals surface area contributed by atoms with E-state index in [1.165, 1.54) is 0 Å². The molecular formula is C11H17NO3. The average molecular weight is 211 g/mol. The summed E-state index contributed by atoms with van der Waals surface area (Å²) in [4.78, 5) is 13.0. The highest BCUT2D eigenvalue weighted by Gasteiger charge is 2.28. The highest BCUT2D eigenvalue weighted by molar-refractivity contribution is 5.92. The maximum Gasteiger partial charge on any atom is 0.249 e. The van der Waals surface area contributed by atoms with E-state index in [0.29, 0.717) is 17.9 Å². The minimum atomic E-state index is -0.623. The normalized spacial score (nSPS) is 17.5. The van der Waals surface area contributed by atoms with Gasteiger partial charge in [0.05, 0.1) is 6.54 Å². The lowest BCUT2D eigenvalue weighted by Crippen LogP contribution is -2.30. The molecule has 0 atom stereocenters. The fourth-order valence-corrected chi connectivity index (χ4v) is 1.27. The Balaban J connectivity index is 2.51. The Kier molecular flexibility index (Phi) is 3.07. The van der Waals surface area contributed by atoms with Gasteiger partial charge in [0.15, 0.2) is 5.76 Å². The van der Waals surface area contributed by atoms with Crippen LogP contribution >= 0.6 is 0 Å². The van der Waals surface area contributed by atoms with Crippen molar-refractivity contribution in [2.75, 3.05) is 13.6 Å². The molecule has 0 bridgehead atoms. The lowest BCUT2D eigenvalue weighted by molar-refractivity contribution is -0.130. The lowest BCUT2D eigenvalue weighted by Gasteiger charge is -2.21. The Morgan fingerprint density at radius 1 is 1.60 bits per heavy atom. The van der Waals surface area contributed by atoms with Crippen molar-refractivity contribution in [2.24, 2.45) is 0 Å². The molecule has 0 N–H and O–H groups in total. The molecule has 0 spiro atoms. The fourth-order valence-electron chi connectivity index (χ4n) is 1.27. The van der Waals surface area contributed by atoms with Crippen LogP contribution in [0.3, 0.4) is 0 Å². The van der Waals surface area contributed by atoms with Crippen LogP contribution < -0.4 is 0 Å². The van der Waals surface area contributed by atoms with E-state index < -0.39 is 5.79 Å². The Morgan fingerprint density at radius 3 is 2.60 bits per heavy atom. The van der Waals surface area contributed by atoms with Crippen LogP contribution in [0.1, 0.15) is 20.8 Å². The molecule has 0 aromatic rings. The van der Waals surface area contributed by atoms with Crippen molar-refractivity contribution >= 4 is 5.91 Å². The van der Waals surface area contributed by atoms with E-state index in [9.17, 15) is 4.79 Å². The molecule has 1 heterocycles. The summed E-state index contributed by atoms with van der Waals surface area (Å²) in [6, 6.07) is 0. The molecular weight excluding hydrogens is 194 g/mol. The zero-order chi connectivity index (χ0) is 11.6. The average Bonchev–Trinajstić information content (AvgIpc) is 2.43. The monoisotopic (exact) mass is 211 g/mol. The number of carbonyl (C=O) groups is 1. The first-order valence-electron chi connectivity index (χ1n) is 4.79. The van der Waals surface area contributed by atoms with Crippen molar-refractivity contribution in [3.05, 3.63) is 24.2 Å². The first-order valence-corrected chi connectivity index (χ1v) is 4.79. The summed E-state index contributed by atoms with van der Waals surface area (Å²) in [6.07, 6.45) is 1.54. The molecule has 0 saturated heterocycles. The van der Waals surface area contributed by atoms with Crippen molar-refractivity contribution in [3.63, 3.8) is 0 Å². The summed E-state index contributed by atoms with van der Waals surface area (Å²) in [5, 5.41) is 0. The molecule has 0 unspecified atom stereocenters. The maximum atomic E-state index is 11.5. The summed E-state index contributed by atoms with van der Waals surface area (Å²) < 4.78 is 10.7. The van der Waals surface area contributed by atoms with Crippen molar-refractivity contribution < 1.29 is 14.3 Å². The Bertz CT molecular complexity index is 318. The second kappa shape index (κ2) is 3.96. The number of hydrogen-bond donors (Lipinski definition) is 0. The van der Waals surface area contributed by atoms with E-state index in [2.05, 4.69) is 6.58 Å². The predicted octanol–water partition coefficient (Wildman–Crippen LogP) is 1.65. The van der Waals surface area contributed by atoms with Gasteiger partial charge in [-0.15, -0.1) is 0 Å². The lowest BCUT2D eigenvalue weighted by atomic mass is 10.3. The molecule has 84 valence electrons. The van der Waals surface area contributed by atoms with Crippen molar-refractivity contribution in [2.45, 2.75) is 26.6 Å². The third-order valence-electron chi connectivity index (χ3n) is 1.96. The van der Waals surface area contributed by atoms with Gasteiger partial charge in [-0.05, 0) is 6.92 Å². The molecule has 0 aromatic carbocycles. The number of ether oxygens (including phenoxy) is 2. The van der Waals surface area contributed by atoms with E-state index in [1.807, 2.05) is 13.8 Å². The van der Waals surface area contributed by atoms with E-state index in [4.69, 9.17) is 9.47 Å². The second-order valence-corrected chi connectivity index (χ2v) is 4.15. The number of likely N-dealkylation sites (N-methyl/N-ethyl adjacent to an activating group) is 1. The molecule has 4 heteroatoms. The number of rotatable bonds is 3. The molecule has 0 saturated carbocycles. The summed E-state index contributed by atoms with van der Waals surface area (Å²) >= 11 is 0.